The molecule has 2 aromatic rings. The van der Waals surface area contributed by atoms with E-state index in [1.54, 1.807) is 12.1 Å². The number of nitrogens with zero attached hydrogens (tertiary/aromatic N) is 1. The lowest BCUT2D eigenvalue weighted by atomic mass is 9.76. The average Bonchev–Trinajstić information content (AvgIpc) is 3.11. The molecule has 7 heteroatoms. The van der Waals surface area contributed by atoms with Gasteiger partial charge in [-0.15, -0.1) is 0 Å². The zero-order valence-corrected chi connectivity index (χ0v) is 14.3. The van der Waals surface area contributed by atoms with E-state index in [-0.39, 0.29) is 34.1 Å². The molecule has 4 rings (SSSR count). The molecule has 0 saturated heterocycles. The summed E-state index contributed by atoms with van der Waals surface area (Å²) in [6, 6.07) is 9.35. The van der Waals surface area contributed by atoms with E-state index in [4.69, 9.17) is 11.6 Å². The van der Waals surface area contributed by atoms with Gasteiger partial charge in [-0.2, -0.15) is 0 Å². The van der Waals surface area contributed by atoms with Gasteiger partial charge >= 0.3 is 0 Å². The van der Waals surface area contributed by atoms with Crippen LogP contribution in [0.15, 0.2) is 48.6 Å². The first-order valence-electron chi connectivity index (χ1n) is 8.18. The van der Waals surface area contributed by atoms with Crippen LogP contribution < -0.4 is 10.4 Å². The average molecular weight is 370 g/mol. The fraction of sp³-hybridized carbons (Fsp3) is 0.211. The number of carboxylic acids is 1. The molecule has 0 amide bonds. The highest BCUT2D eigenvalue weighted by atomic mass is 35.5. The molecule has 1 aliphatic carbocycles. The van der Waals surface area contributed by atoms with E-state index in [0.29, 0.717) is 16.3 Å². The molecule has 1 N–H and O–H groups in total. The van der Waals surface area contributed by atoms with E-state index in [9.17, 15) is 20.0 Å². The number of carbonyl (C=O) groups is 1. The second-order valence-corrected chi connectivity index (χ2v) is 6.90. The van der Waals surface area contributed by atoms with E-state index >= 15 is 0 Å². The molecule has 0 saturated carbocycles. The van der Waals surface area contributed by atoms with Gasteiger partial charge in [0.1, 0.15) is 0 Å². The van der Waals surface area contributed by atoms with Gasteiger partial charge < -0.3 is 15.2 Å². The number of anilines is 1. The largest absolute Gasteiger partial charge is 0.545 e. The topological polar surface area (TPSA) is 95.3 Å². The van der Waals surface area contributed by atoms with Crippen molar-refractivity contribution in [3.8, 4) is 0 Å². The van der Waals surface area contributed by atoms with Gasteiger partial charge in [-0.05, 0) is 29.5 Å². The number of carbonyl (C=O) groups excluding carboxylic acids is 1. The number of hydrogen-bond acceptors (Lipinski definition) is 5. The van der Waals surface area contributed by atoms with Crippen LogP contribution in [0.4, 0.5) is 11.4 Å². The molecule has 1 aliphatic heterocycles. The Bertz CT molecular complexity index is 939. The van der Waals surface area contributed by atoms with Crippen molar-refractivity contribution in [1.29, 1.82) is 0 Å². The van der Waals surface area contributed by atoms with E-state index in [2.05, 4.69) is 5.32 Å². The zero-order valence-electron chi connectivity index (χ0n) is 13.5. The zero-order chi connectivity index (χ0) is 18.4. The fourth-order valence-corrected chi connectivity index (χ4v) is 4.19. The predicted molar refractivity (Wildman–Crippen MR) is 95.2 cm³/mol. The van der Waals surface area contributed by atoms with Gasteiger partial charge in [0.15, 0.2) is 0 Å². The Morgan fingerprint density at radius 1 is 1.19 bits per heavy atom. The molecule has 132 valence electrons. The molecule has 0 fully saturated rings. The summed E-state index contributed by atoms with van der Waals surface area (Å²) < 4.78 is 0. The summed E-state index contributed by atoms with van der Waals surface area (Å²) in [4.78, 5) is 22.1. The van der Waals surface area contributed by atoms with Crippen molar-refractivity contribution in [2.45, 2.75) is 18.4 Å². The summed E-state index contributed by atoms with van der Waals surface area (Å²) in [5.74, 6) is -1.25. The number of benzene rings is 2. The van der Waals surface area contributed by atoms with Gasteiger partial charge in [-0.1, -0.05) is 48.0 Å². The molecule has 26 heavy (non-hydrogen) atoms. The van der Waals surface area contributed by atoms with Crippen molar-refractivity contribution in [3.05, 3.63) is 80.4 Å². The molecule has 0 radical (unpaired) electrons. The summed E-state index contributed by atoms with van der Waals surface area (Å²) in [6.45, 7) is 0. The van der Waals surface area contributed by atoms with Crippen molar-refractivity contribution in [2.75, 3.05) is 5.32 Å². The number of halogens is 1. The Kier molecular flexibility index (Phi) is 3.92. The summed E-state index contributed by atoms with van der Waals surface area (Å²) in [5, 5.41) is 26.2. The van der Waals surface area contributed by atoms with Gasteiger partial charge in [0.05, 0.1) is 33.2 Å². The maximum absolute atomic E-state index is 11.5. The van der Waals surface area contributed by atoms with Crippen LogP contribution in [0.3, 0.4) is 0 Å². The monoisotopic (exact) mass is 369 g/mol. The molecule has 6 nitrogen and oxygen atoms in total. The summed E-state index contributed by atoms with van der Waals surface area (Å²) in [7, 11) is 0. The number of fused-ring (bicyclic) bond motifs is 3. The Balaban J connectivity index is 1.81. The first-order valence-corrected chi connectivity index (χ1v) is 8.56. The standard InChI is InChI=1S/C19H15ClN2O4/c20-14-8-9-15(22(25)26)16-12-2-1-3-13(12)17(21-18(14)16)10-4-6-11(7-5-10)19(23)24/h1-2,4-9,12-13,17,21H,3H2,(H,23,24)/p-1/t12-,13+,17+/m1/s1. The van der Waals surface area contributed by atoms with Crippen molar-refractivity contribution >= 4 is 28.9 Å². The molecule has 0 bridgehead atoms. The Morgan fingerprint density at radius 3 is 2.58 bits per heavy atom. The van der Waals surface area contributed by atoms with E-state index in [1.807, 2.05) is 12.2 Å². The van der Waals surface area contributed by atoms with E-state index < -0.39 is 5.97 Å². The Morgan fingerprint density at radius 2 is 1.92 bits per heavy atom. The van der Waals surface area contributed by atoms with Crippen LogP contribution in [0.5, 0.6) is 0 Å². The number of nitrogens with one attached hydrogen (secondary N) is 1. The normalized spacial score (nSPS) is 23.0. The fourth-order valence-electron chi connectivity index (χ4n) is 3.97. The number of nitro benzene ring substituents is 1. The van der Waals surface area contributed by atoms with Crippen LogP contribution in [0.1, 0.15) is 39.9 Å². The van der Waals surface area contributed by atoms with Crippen LogP contribution in [0, 0.1) is 16.0 Å². The highest BCUT2D eigenvalue weighted by Crippen LogP contribution is 2.54. The van der Waals surface area contributed by atoms with Crippen LogP contribution in [0.25, 0.3) is 0 Å². The number of nitro groups is 1. The molecule has 0 aromatic heterocycles. The van der Waals surface area contributed by atoms with Crippen LogP contribution >= 0.6 is 11.6 Å². The second kappa shape index (κ2) is 6.14. The van der Waals surface area contributed by atoms with Crippen LogP contribution in [-0.2, 0) is 0 Å². The number of carboxylic acid groups (broad SMARTS) is 1. The lowest BCUT2D eigenvalue weighted by Crippen LogP contribution is -2.30. The van der Waals surface area contributed by atoms with Crippen molar-refractivity contribution in [1.82, 2.24) is 0 Å². The SMILES string of the molecule is O=C([O-])c1ccc([C@@H]2Nc3c(Cl)ccc([N+](=O)[O-])c3[C@@H]3C=CC[C@@H]32)cc1. The molecule has 1 heterocycles. The van der Waals surface area contributed by atoms with Gasteiger partial charge in [-0.25, -0.2) is 0 Å². The van der Waals surface area contributed by atoms with Gasteiger partial charge in [0.2, 0.25) is 0 Å². The highest BCUT2D eigenvalue weighted by Gasteiger charge is 2.42. The van der Waals surface area contributed by atoms with E-state index in [0.717, 1.165) is 12.0 Å². The molecule has 0 spiro atoms. The first-order chi connectivity index (χ1) is 12.5. The second-order valence-electron chi connectivity index (χ2n) is 6.50. The number of allylic oxidation sites excluding steroid dienone is 2. The van der Waals surface area contributed by atoms with Gasteiger partial charge in [0, 0.05) is 12.0 Å². The summed E-state index contributed by atoms with van der Waals surface area (Å²) >= 11 is 6.33. The van der Waals surface area contributed by atoms with Gasteiger partial charge in [-0.3, -0.25) is 10.1 Å². The van der Waals surface area contributed by atoms with E-state index in [1.165, 1.54) is 24.3 Å². The predicted octanol–water partition coefficient (Wildman–Crippen LogP) is 3.44. The third-order valence-electron chi connectivity index (χ3n) is 5.15. The third-order valence-corrected chi connectivity index (χ3v) is 5.46. The smallest absolute Gasteiger partial charge is 0.275 e. The Labute approximate surface area is 154 Å². The lowest BCUT2D eigenvalue weighted by molar-refractivity contribution is -0.385. The van der Waals surface area contributed by atoms with Gasteiger partial charge in [0.25, 0.3) is 5.69 Å². The van der Waals surface area contributed by atoms with Crippen molar-refractivity contribution in [2.24, 2.45) is 5.92 Å². The number of hydrogen-bond donors (Lipinski definition) is 1. The molecule has 3 atom stereocenters. The summed E-state index contributed by atoms with van der Waals surface area (Å²) in [5.41, 5.74) is 2.26. The van der Waals surface area contributed by atoms with Crippen molar-refractivity contribution < 1.29 is 14.8 Å². The first kappa shape index (κ1) is 16.6. The molecule has 2 aliphatic rings. The Hall–Kier alpha value is -2.86. The highest BCUT2D eigenvalue weighted by molar-refractivity contribution is 6.33. The molecule has 0 unspecified atom stereocenters. The quantitative estimate of drug-likeness (QED) is 0.508. The lowest BCUT2D eigenvalue weighted by Gasteiger charge is -2.37. The van der Waals surface area contributed by atoms with Crippen molar-refractivity contribution in [3.63, 3.8) is 0 Å². The molecule has 2 aromatic carbocycles. The van der Waals surface area contributed by atoms with Crippen LogP contribution in [-0.4, -0.2) is 10.9 Å². The minimum absolute atomic E-state index is 0.0594. The number of aromatic carboxylic acids is 1. The molecular formula is C19H14ClN2O4-. The van der Waals surface area contributed by atoms with Crippen LogP contribution in [0.2, 0.25) is 5.02 Å². The minimum atomic E-state index is -1.22. The third kappa shape index (κ3) is 2.54. The maximum atomic E-state index is 11.5. The minimum Gasteiger partial charge on any atom is -0.545 e. The maximum Gasteiger partial charge on any atom is 0.275 e. The summed E-state index contributed by atoms with van der Waals surface area (Å²) in [6.07, 6.45) is 4.79. The number of rotatable bonds is 3. The molecular weight excluding hydrogens is 356 g/mol.